The molecule has 0 fully saturated rings. The highest BCUT2D eigenvalue weighted by Crippen LogP contribution is 2.31. The molecule has 0 saturated heterocycles. The second-order valence-corrected chi connectivity index (χ2v) is 5.40. The fraction of sp³-hybridized carbons (Fsp3) is 0.0769. The number of imide groups is 1. The molecule has 0 aliphatic rings. The van der Waals surface area contributed by atoms with Crippen molar-refractivity contribution in [3.63, 3.8) is 0 Å². The van der Waals surface area contributed by atoms with Gasteiger partial charge in [-0.05, 0) is 18.4 Å². The average Bonchev–Trinajstić information content (AvgIpc) is 2.48. The monoisotopic (exact) mass is 341 g/mol. The summed E-state index contributed by atoms with van der Waals surface area (Å²) in [6.45, 7) is 0. The van der Waals surface area contributed by atoms with E-state index in [9.17, 15) is 9.59 Å². The lowest BCUT2D eigenvalue weighted by Crippen LogP contribution is -2.31. The van der Waals surface area contributed by atoms with Crippen LogP contribution in [0.15, 0.2) is 35.7 Å². The number of pyridine rings is 2. The molecule has 0 aromatic carbocycles. The first-order valence-electron chi connectivity index (χ1n) is 5.68. The number of nitrogens with zero attached hydrogens (tertiary/aromatic N) is 2. The van der Waals surface area contributed by atoms with E-state index in [-0.39, 0.29) is 15.6 Å². The summed E-state index contributed by atoms with van der Waals surface area (Å²) in [6, 6.07) is 2.98. The van der Waals surface area contributed by atoms with Gasteiger partial charge in [-0.15, -0.1) is 11.8 Å². The summed E-state index contributed by atoms with van der Waals surface area (Å²) in [7, 11) is 0. The van der Waals surface area contributed by atoms with Gasteiger partial charge in [0.05, 0.1) is 15.6 Å². The van der Waals surface area contributed by atoms with E-state index < -0.39 is 11.8 Å². The maximum atomic E-state index is 12.2. The zero-order valence-electron chi connectivity index (χ0n) is 10.8. The second kappa shape index (κ2) is 6.89. The van der Waals surface area contributed by atoms with Crippen LogP contribution >= 0.6 is 35.0 Å². The molecule has 0 unspecified atom stereocenters. The number of rotatable bonds is 3. The van der Waals surface area contributed by atoms with Gasteiger partial charge in [-0.25, -0.2) is 4.98 Å². The smallest absolute Gasteiger partial charge is 0.261 e. The van der Waals surface area contributed by atoms with Gasteiger partial charge in [0.1, 0.15) is 5.03 Å². The molecule has 0 spiro atoms. The Morgan fingerprint density at radius 3 is 2.48 bits per heavy atom. The number of hydrogen-bond donors (Lipinski definition) is 1. The molecular formula is C13H9Cl2N3O2S. The molecule has 2 amide bonds. The highest BCUT2D eigenvalue weighted by atomic mass is 35.5. The van der Waals surface area contributed by atoms with Gasteiger partial charge in [0.15, 0.2) is 0 Å². The Labute approximate surface area is 135 Å². The van der Waals surface area contributed by atoms with Crippen LogP contribution in [-0.4, -0.2) is 28.0 Å². The van der Waals surface area contributed by atoms with Gasteiger partial charge < -0.3 is 0 Å². The van der Waals surface area contributed by atoms with Crippen LogP contribution in [0.25, 0.3) is 0 Å². The average molecular weight is 342 g/mol. The Kier molecular flexibility index (Phi) is 5.17. The summed E-state index contributed by atoms with van der Waals surface area (Å²) < 4.78 is 0. The van der Waals surface area contributed by atoms with Crippen LogP contribution in [-0.2, 0) is 0 Å². The van der Waals surface area contributed by atoms with Gasteiger partial charge in [0.25, 0.3) is 11.8 Å². The number of hydrogen-bond acceptors (Lipinski definition) is 5. The van der Waals surface area contributed by atoms with Gasteiger partial charge in [-0.1, -0.05) is 23.2 Å². The molecule has 21 heavy (non-hydrogen) atoms. The highest BCUT2D eigenvalue weighted by Gasteiger charge is 2.21. The molecule has 0 radical (unpaired) electrons. The Hall–Kier alpha value is -1.63. The zero-order chi connectivity index (χ0) is 15.4. The van der Waals surface area contributed by atoms with Crippen molar-refractivity contribution >= 4 is 46.8 Å². The summed E-state index contributed by atoms with van der Waals surface area (Å²) in [5.74, 6) is -1.23. The normalized spacial score (nSPS) is 10.2. The minimum absolute atomic E-state index is 0.0279. The van der Waals surface area contributed by atoms with Crippen molar-refractivity contribution in [1.82, 2.24) is 15.3 Å². The van der Waals surface area contributed by atoms with Gasteiger partial charge in [-0.3, -0.25) is 19.9 Å². The second-order valence-electron chi connectivity index (χ2n) is 3.82. The van der Waals surface area contributed by atoms with Crippen LogP contribution in [0.2, 0.25) is 10.0 Å². The van der Waals surface area contributed by atoms with E-state index in [2.05, 4.69) is 15.3 Å². The summed E-state index contributed by atoms with van der Waals surface area (Å²) in [5.41, 5.74) is 0.338. The van der Waals surface area contributed by atoms with Crippen molar-refractivity contribution in [2.45, 2.75) is 5.03 Å². The lowest BCUT2D eigenvalue weighted by Gasteiger charge is -2.09. The van der Waals surface area contributed by atoms with Gasteiger partial charge in [0, 0.05) is 24.2 Å². The summed E-state index contributed by atoms with van der Waals surface area (Å²) in [5, 5.41) is 2.90. The first kappa shape index (κ1) is 15.8. The van der Waals surface area contributed by atoms with Crippen molar-refractivity contribution in [3.8, 4) is 0 Å². The largest absolute Gasteiger partial charge is 0.288 e. The van der Waals surface area contributed by atoms with E-state index >= 15 is 0 Å². The van der Waals surface area contributed by atoms with Gasteiger partial charge >= 0.3 is 0 Å². The van der Waals surface area contributed by atoms with Crippen LogP contribution < -0.4 is 5.32 Å². The zero-order valence-corrected chi connectivity index (χ0v) is 13.1. The van der Waals surface area contributed by atoms with Crippen molar-refractivity contribution < 1.29 is 9.59 Å². The Bertz CT molecular complexity index is 695. The molecule has 0 aliphatic heterocycles. The minimum atomic E-state index is -0.676. The summed E-state index contributed by atoms with van der Waals surface area (Å²) in [6.07, 6.45) is 6.01. The molecule has 0 aliphatic carbocycles. The number of aromatic nitrogens is 2. The highest BCUT2D eigenvalue weighted by molar-refractivity contribution is 7.98. The Morgan fingerprint density at radius 1 is 1.19 bits per heavy atom. The molecule has 8 heteroatoms. The van der Waals surface area contributed by atoms with Crippen molar-refractivity contribution in [2.75, 3.05) is 6.26 Å². The van der Waals surface area contributed by atoms with Crippen LogP contribution in [0.3, 0.4) is 0 Å². The number of carbonyl (C=O) groups is 2. The predicted molar refractivity (Wildman–Crippen MR) is 82.1 cm³/mol. The topological polar surface area (TPSA) is 72.0 Å². The third kappa shape index (κ3) is 3.53. The predicted octanol–water partition coefficient (Wildman–Crippen LogP) is 3.08. The number of halogens is 2. The molecule has 1 N–H and O–H groups in total. The fourth-order valence-electron chi connectivity index (χ4n) is 1.54. The molecule has 2 aromatic heterocycles. The number of carbonyl (C=O) groups excluding carboxylic acids is 2. The molecule has 2 aromatic rings. The lowest BCUT2D eigenvalue weighted by molar-refractivity contribution is 0.0849. The standard InChI is InChI=1S/C13H9Cl2N3O2S/c1-21-13-10(15)9(8(14)6-17-13)12(20)18-11(19)7-2-4-16-5-3-7/h2-6H,1H3,(H,18,19,20). The molecular weight excluding hydrogens is 333 g/mol. The first-order chi connectivity index (χ1) is 10.0. The number of thioether (sulfide) groups is 1. The van der Waals surface area contributed by atoms with Crippen LogP contribution in [0.1, 0.15) is 20.7 Å². The molecule has 0 bridgehead atoms. The fourth-order valence-corrected chi connectivity index (χ4v) is 2.72. The van der Waals surface area contributed by atoms with E-state index in [0.29, 0.717) is 10.6 Å². The maximum Gasteiger partial charge on any atom is 0.261 e. The molecule has 5 nitrogen and oxygen atoms in total. The Balaban J connectivity index is 2.27. The van der Waals surface area contributed by atoms with E-state index in [1.807, 2.05) is 0 Å². The third-order valence-corrected chi connectivity index (χ3v) is 3.99. The Morgan fingerprint density at radius 2 is 1.86 bits per heavy atom. The van der Waals surface area contributed by atoms with Crippen molar-refractivity contribution in [1.29, 1.82) is 0 Å². The quantitative estimate of drug-likeness (QED) is 0.686. The summed E-state index contributed by atoms with van der Waals surface area (Å²) >= 11 is 13.3. The van der Waals surface area contributed by atoms with E-state index in [4.69, 9.17) is 23.2 Å². The van der Waals surface area contributed by atoms with Crippen LogP contribution in [0.5, 0.6) is 0 Å². The van der Waals surface area contributed by atoms with E-state index in [1.54, 1.807) is 6.26 Å². The first-order valence-corrected chi connectivity index (χ1v) is 7.66. The maximum absolute atomic E-state index is 12.2. The third-order valence-electron chi connectivity index (χ3n) is 2.53. The number of amides is 2. The molecule has 0 atom stereocenters. The van der Waals surface area contributed by atoms with Crippen LogP contribution in [0, 0.1) is 0 Å². The van der Waals surface area contributed by atoms with Gasteiger partial charge in [0.2, 0.25) is 0 Å². The van der Waals surface area contributed by atoms with Crippen molar-refractivity contribution in [3.05, 3.63) is 51.9 Å². The van der Waals surface area contributed by atoms with E-state index in [0.717, 1.165) is 0 Å². The summed E-state index contributed by atoms with van der Waals surface area (Å²) in [4.78, 5) is 31.9. The van der Waals surface area contributed by atoms with E-state index in [1.165, 1.54) is 42.5 Å². The van der Waals surface area contributed by atoms with Crippen molar-refractivity contribution in [2.24, 2.45) is 0 Å². The minimum Gasteiger partial charge on any atom is -0.288 e. The van der Waals surface area contributed by atoms with Gasteiger partial charge in [-0.2, -0.15) is 0 Å². The molecule has 2 rings (SSSR count). The van der Waals surface area contributed by atoms with Crippen LogP contribution in [0.4, 0.5) is 0 Å². The molecule has 2 heterocycles. The molecule has 108 valence electrons. The lowest BCUT2D eigenvalue weighted by atomic mass is 10.2. The number of nitrogens with one attached hydrogen (secondary N) is 1. The SMILES string of the molecule is CSc1ncc(Cl)c(C(=O)NC(=O)c2ccncc2)c1Cl. The molecule has 0 saturated carbocycles.